The van der Waals surface area contributed by atoms with Gasteiger partial charge in [0.15, 0.2) is 0 Å². The average molecular weight is 156 g/mol. The van der Waals surface area contributed by atoms with E-state index in [0.717, 1.165) is 0 Å². The van der Waals surface area contributed by atoms with Gasteiger partial charge in [-0.25, -0.2) is 0 Å². The monoisotopic (exact) mass is 156 g/mol. The summed E-state index contributed by atoms with van der Waals surface area (Å²) in [5.74, 6) is 0. The topological polar surface area (TPSA) is 0 Å². The number of allylic oxidation sites excluding steroid dienone is 1. The highest BCUT2D eigenvalue weighted by atomic mass is 14.1. The van der Waals surface area contributed by atoms with Crippen molar-refractivity contribution in [3.05, 3.63) is 47.7 Å². The Bertz CT molecular complexity index is 313. The van der Waals surface area contributed by atoms with Crippen molar-refractivity contribution in [2.45, 2.75) is 19.3 Å². The van der Waals surface area contributed by atoms with Crippen LogP contribution in [0, 0.1) is 0 Å². The number of benzene rings is 1. The minimum atomic E-state index is 1.18. The largest absolute Gasteiger partial charge is 0.121 e. The summed E-state index contributed by atoms with van der Waals surface area (Å²) < 4.78 is 0. The van der Waals surface area contributed by atoms with Crippen molar-refractivity contribution < 1.29 is 0 Å². The maximum atomic E-state index is 3.33. The van der Waals surface area contributed by atoms with E-state index in [4.69, 9.17) is 0 Å². The zero-order valence-corrected chi connectivity index (χ0v) is 7.09. The minimum Gasteiger partial charge on any atom is -0.121 e. The Hall–Kier alpha value is -1.26. The van der Waals surface area contributed by atoms with Crippen molar-refractivity contribution in [1.29, 1.82) is 0 Å². The highest BCUT2D eigenvalue weighted by Gasteiger charge is 2.01. The molecule has 0 heteroatoms. The molecular weight excluding hydrogens is 144 g/mol. The van der Waals surface area contributed by atoms with Gasteiger partial charge in [0.05, 0.1) is 0 Å². The quantitative estimate of drug-likeness (QED) is 0.546. The van der Waals surface area contributed by atoms with Gasteiger partial charge in [0, 0.05) is 5.57 Å². The fourth-order valence-electron chi connectivity index (χ4n) is 1.52. The second-order valence-corrected chi connectivity index (χ2v) is 3.09. The van der Waals surface area contributed by atoms with Crippen LogP contribution in [0.3, 0.4) is 0 Å². The van der Waals surface area contributed by atoms with E-state index in [1.807, 2.05) is 0 Å². The van der Waals surface area contributed by atoms with E-state index in [0.29, 0.717) is 0 Å². The molecule has 1 aliphatic carbocycles. The predicted octanol–water partition coefficient (Wildman–Crippen LogP) is 3.41. The summed E-state index contributed by atoms with van der Waals surface area (Å²) in [7, 11) is 0. The van der Waals surface area contributed by atoms with Crippen LogP contribution >= 0.6 is 0 Å². The van der Waals surface area contributed by atoms with Crippen LogP contribution in [0.4, 0.5) is 0 Å². The Morgan fingerprint density at radius 3 is 2.58 bits per heavy atom. The first-order valence-electron chi connectivity index (χ1n) is 4.46. The van der Waals surface area contributed by atoms with E-state index in [1.165, 1.54) is 30.4 Å². The molecule has 12 heavy (non-hydrogen) atoms. The van der Waals surface area contributed by atoms with Gasteiger partial charge >= 0.3 is 0 Å². The lowest BCUT2D eigenvalue weighted by Crippen LogP contribution is -1.86. The zero-order chi connectivity index (χ0) is 8.23. The highest BCUT2D eigenvalue weighted by Crippen LogP contribution is 2.22. The summed E-state index contributed by atoms with van der Waals surface area (Å²) in [6.07, 6.45) is 5.79. The summed E-state index contributed by atoms with van der Waals surface area (Å²) in [6.45, 7) is 0. The lowest BCUT2D eigenvalue weighted by atomic mass is 9.98. The maximum absolute atomic E-state index is 3.33. The van der Waals surface area contributed by atoms with E-state index in [1.54, 1.807) is 0 Å². The first kappa shape index (κ1) is 7.39. The minimum absolute atomic E-state index is 1.18. The molecule has 0 N–H and O–H groups in total. The van der Waals surface area contributed by atoms with Crippen LogP contribution in [-0.2, 0) is 0 Å². The molecule has 0 spiro atoms. The van der Waals surface area contributed by atoms with Crippen molar-refractivity contribution in [2.75, 3.05) is 0 Å². The summed E-state index contributed by atoms with van der Waals surface area (Å²) in [5.41, 5.74) is 6.02. The second-order valence-electron chi connectivity index (χ2n) is 3.09. The fraction of sp³-hybridized carbons (Fsp3) is 0.250. The van der Waals surface area contributed by atoms with E-state index in [9.17, 15) is 0 Å². The van der Waals surface area contributed by atoms with Crippen LogP contribution in [0.2, 0.25) is 0 Å². The van der Waals surface area contributed by atoms with Gasteiger partial charge < -0.3 is 0 Å². The predicted molar refractivity (Wildman–Crippen MR) is 51.8 cm³/mol. The van der Waals surface area contributed by atoms with Crippen LogP contribution in [0.1, 0.15) is 24.8 Å². The normalized spacial score (nSPS) is 15.8. The number of hydrogen-bond acceptors (Lipinski definition) is 0. The Labute approximate surface area is 73.2 Å². The molecule has 1 aromatic carbocycles. The Morgan fingerprint density at radius 2 is 1.92 bits per heavy atom. The molecule has 0 atom stereocenters. The summed E-state index contributed by atoms with van der Waals surface area (Å²) in [5, 5.41) is 0. The lowest BCUT2D eigenvalue weighted by molar-refractivity contribution is 0.867. The molecule has 0 unspecified atom stereocenters. The third-order valence-corrected chi connectivity index (χ3v) is 2.17. The Balaban J connectivity index is 2.37. The van der Waals surface area contributed by atoms with E-state index < -0.39 is 0 Å². The van der Waals surface area contributed by atoms with Gasteiger partial charge in [-0.3, -0.25) is 0 Å². The smallest absolute Gasteiger partial charge is 0.000879 e. The zero-order valence-electron chi connectivity index (χ0n) is 7.09. The molecular formula is C12H12. The third kappa shape index (κ3) is 1.49. The van der Waals surface area contributed by atoms with E-state index in [2.05, 4.69) is 42.1 Å². The molecule has 0 saturated carbocycles. The van der Waals surface area contributed by atoms with Gasteiger partial charge in [-0.15, -0.1) is 5.73 Å². The lowest BCUT2D eigenvalue weighted by Gasteiger charge is -2.06. The van der Waals surface area contributed by atoms with Gasteiger partial charge in [-0.1, -0.05) is 30.3 Å². The standard InChI is InChI=1S/C12H12/c1-3-7-11(8-4-1)12-9-5-2-6-10-12/h1,3-5,7-8H,2,6,10H2. The summed E-state index contributed by atoms with van der Waals surface area (Å²) >= 11 is 0. The molecule has 0 bridgehead atoms. The van der Waals surface area contributed by atoms with Crippen LogP contribution in [0.15, 0.2) is 42.1 Å². The summed E-state index contributed by atoms with van der Waals surface area (Å²) in [4.78, 5) is 0. The molecule has 0 fully saturated rings. The molecule has 0 aliphatic heterocycles. The molecule has 1 aliphatic rings. The first-order chi connectivity index (χ1) is 5.97. The van der Waals surface area contributed by atoms with Crippen molar-refractivity contribution in [1.82, 2.24) is 0 Å². The average Bonchev–Trinajstić information content (AvgIpc) is 2.21. The Kier molecular flexibility index (Phi) is 2.11. The van der Waals surface area contributed by atoms with Crippen LogP contribution in [0.25, 0.3) is 5.57 Å². The van der Waals surface area contributed by atoms with E-state index >= 15 is 0 Å². The fourth-order valence-corrected chi connectivity index (χ4v) is 1.52. The van der Waals surface area contributed by atoms with Crippen LogP contribution in [-0.4, -0.2) is 0 Å². The molecule has 0 aromatic heterocycles. The number of rotatable bonds is 1. The highest BCUT2D eigenvalue weighted by molar-refractivity contribution is 5.65. The molecule has 2 rings (SSSR count). The molecule has 0 heterocycles. The SMILES string of the molecule is C1=CCCCC=1c1ccccc1. The van der Waals surface area contributed by atoms with Crippen molar-refractivity contribution in [3.8, 4) is 0 Å². The third-order valence-electron chi connectivity index (χ3n) is 2.17. The van der Waals surface area contributed by atoms with E-state index in [-0.39, 0.29) is 0 Å². The second kappa shape index (κ2) is 3.42. The molecule has 0 nitrogen and oxygen atoms in total. The Morgan fingerprint density at radius 1 is 1.08 bits per heavy atom. The maximum Gasteiger partial charge on any atom is 0.000879 e. The summed E-state index contributed by atoms with van der Waals surface area (Å²) in [6, 6.07) is 10.5. The van der Waals surface area contributed by atoms with Crippen molar-refractivity contribution >= 4 is 5.57 Å². The molecule has 0 amide bonds. The molecule has 0 saturated heterocycles. The van der Waals surface area contributed by atoms with Gasteiger partial charge in [0.2, 0.25) is 0 Å². The number of hydrogen-bond donors (Lipinski definition) is 0. The molecule has 0 radical (unpaired) electrons. The van der Waals surface area contributed by atoms with Gasteiger partial charge in [0.1, 0.15) is 0 Å². The van der Waals surface area contributed by atoms with Gasteiger partial charge in [-0.2, -0.15) is 0 Å². The van der Waals surface area contributed by atoms with Crippen LogP contribution < -0.4 is 0 Å². The van der Waals surface area contributed by atoms with Crippen LogP contribution in [0.5, 0.6) is 0 Å². The molecule has 1 aromatic rings. The van der Waals surface area contributed by atoms with Gasteiger partial charge in [0.25, 0.3) is 0 Å². The molecule has 60 valence electrons. The van der Waals surface area contributed by atoms with Gasteiger partial charge in [-0.05, 0) is 30.9 Å². The van der Waals surface area contributed by atoms with Crippen molar-refractivity contribution in [2.24, 2.45) is 0 Å². The first-order valence-corrected chi connectivity index (χ1v) is 4.46. The van der Waals surface area contributed by atoms with Crippen molar-refractivity contribution in [3.63, 3.8) is 0 Å².